The number of aryl methyl sites for hydroxylation is 3. The lowest BCUT2D eigenvalue weighted by Gasteiger charge is -1.99. The van der Waals surface area contributed by atoms with Crippen molar-refractivity contribution in [2.24, 2.45) is 0 Å². The van der Waals surface area contributed by atoms with Gasteiger partial charge in [-0.3, -0.25) is 10.1 Å². The maximum absolute atomic E-state index is 12.3. The van der Waals surface area contributed by atoms with E-state index in [1.54, 1.807) is 5.51 Å². The Labute approximate surface area is 119 Å². The molecule has 3 aromatic rings. The van der Waals surface area contributed by atoms with Gasteiger partial charge >= 0.3 is 0 Å². The van der Waals surface area contributed by atoms with Crippen LogP contribution in [0.25, 0.3) is 11.0 Å². The molecule has 0 aliphatic rings. The van der Waals surface area contributed by atoms with Crippen LogP contribution in [0.2, 0.25) is 0 Å². The summed E-state index contributed by atoms with van der Waals surface area (Å²) in [5.74, 6) is 0.0295. The van der Waals surface area contributed by atoms with Gasteiger partial charge < -0.3 is 4.42 Å². The number of anilines is 1. The first kappa shape index (κ1) is 12.8. The highest BCUT2D eigenvalue weighted by Crippen LogP contribution is 2.31. The van der Waals surface area contributed by atoms with E-state index in [0.29, 0.717) is 10.9 Å². The van der Waals surface area contributed by atoms with Crippen molar-refractivity contribution in [3.8, 4) is 0 Å². The first-order valence-corrected chi connectivity index (χ1v) is 7.02. The van der Waals surface area contributed by atoms with Crippen molar-refractivity contribution in [1.82, 2.24) is 10.2 Å². The van der Waals surface area contributed by atoms with E-state index in [0.717, 1.165) is 27.7 Å². The van der Waals surface area contributed by atoms with Gasteiger partial charge in [-0.05, 0) is 31.9 Å². The number of nitrogens with one attached hydrogen (secondary N) is 1. The Bertz CT molecular complexity index is 790. The SMILES string of the molecule is Cc1ccc(C)c2c(C)c(C(=O)Nc3nncs3)oc12. The maximum Gasteiger partial charge on any atom is 0.293 e. The zero-order chi connectivity index (χ0) is 14.3. The van der Waals surface area contributed by atoms with Gasteiger partial charge in [-0.1, -0.05) is 23.5 Å². The second-order valence-corrected chi connectivity index (χ2v) is 5.49. The molecule has 0 radical (unpaired) electrons. The van der Waals surface area contributed by atoms with E-state index in [2.05, 4.69) is 15.5 Å². The number of hydrogen-bond acceptors (Lipinski definition) is 5. The fourth-order valence-electron chi connectivity index (χ4n) is 2.27. The fraction of sp³-hybridized carbons (Fsp3) is 0.214. The summed E-state index contributed by atoms with van der Waals surface area (Å²) in [4.78, 5) is 12.3. The standard InChI is InChI=1S/C14H13N3O2S/c1-7-4-5-8(2)11-10(7)9(3)12(19-11)13(18)16-14-17-15-6-20-14/h4-6H,1-3H3,(H,16,17,18). The van der Waals surface area contributed by atoms with E-state index in [1.807, 2.05) is 32.9 Å². The summed E-state index contributed by atoms with van der Waals surface area (Å²) in [5, 5.41) is 11.6. The van der Waals surface area contributed by atoms with Crippen LogP contribution in [0.3, 0.4) is 0 Å². The summed E-state index contributed by atoms with van der Waals surface area (Å²) < 4.78 is 5.77. The van der Waals surface area contributed by atoms with Crippen molar-refractivity contribution in [3.05, 3.63) is 40.1 Å². The van der Waals surface area contributed by atoms with Crippen LogP contribution in [0.5, 0.6) is 0 Å². The smallest absolute Gasteiger partial charge is 0.293 e. The highest BCUT2D eigenvalue weighted by atomic mass is 32.1. The largest absolute Gasteiger partial charge is 0.450 e. The summed E-state index contributed by atoms with van der Waals surface area (Å²) in [7, 11) is 0. The van der Waals surface area contributed by atoms with Gasteiger partial charge in [0.25, 0.3) is 5.91 Å². The third kappa shape index (κ3) is 1.98. The topological polar surface area (TPSA) is 68.0 Å². The number of hydrogen-bond donors (Lipinski definition) is 1. The van der Waals surface area contributed by atoms with Crippen LogP contribution in [0.1, 0.15) is 27.2 Å². The average molecular weight is 287 g/mol. The molecular weight excluding hydrogens is 274 g/mol. The van der Waals surface area contributed by atoms with Gasteiger partial charge in [0.05, 0.1) is 0 Å². The number of benzene rings is 1. The predicted octanol–water partition coefficient (Wildman–Crippen LogP) is 3.46. The number of amides is 1. The molecule has 2 aromatic heterocycles. The molecule has 0 saturated carbocycles. The van der Waals surface area contributed by atoms with Gasteiger partial charge in [-0.15, -0.1) is 10.2 Å². The second kappa shape index (κ2) is 4.72. The molecule has 6 heteroatoms. The van der Waals surface area contributed by atoms with Crippen LogP contribution in [0, 0.1) is 20.8 Å². The molecule has 5 nitrogen and oxygen atoms in total. The summed E-state index contributed by atoms with van der Waals surface area (Å²) in [6.07, 6.45) is 0. The molecule has 20 heavy (non-hydrogen) atoms. The number of carbonyl (C=O) groups excluding carboxylic acids is 1. The minimum absolute atomic E-state index is 0.297. The first-order chi connectivity index (χ1) is 9.58. The number of aromatic nitrogens is 2. The van der Waals surface area contributed by atoms with Crippen LogP contribution in [-0.4, -0.2) is 16.1 Å². The van der Waals surface area contributed by atoms with E-state index >= 15 is 0 Å². The lowest BCUT2D eigenvalue weighted by Crippen LogP contribution is -2.11. The van der Waals surface area contributed by atoms with Gasteiger partial charge in [0.15, 0.2) is 5.76 Å². The second-order valence-electron chi connectivity index (χ2n) is 4.66. The zero-order valence-corrected chi connectivity index (χ0v) is 12.2. The molecule has 0 saturated heterocycles. The molecule has 0 aliphatic heterocycles. The zero-order valence-electron chi connectivity index (χ0n) is 11.4. The Morgan fingerprint density at radius 1 is 1.25 bits per heavy atom. The van der Waals surface area contributed by atoms with Crippen LogP contribution in [0.4, 0.5) is 5.13 Å². The van der Waals surface area contributed by atoms with Crippen molar-refractivity contribution in [2.45, 2.75) is 20.8 Å². The molecule has 0 spiro atoms. The Kier molecular flexibility index (Phi) is 3.02. The summed E-state index contributed by atoms with van der Waals surface area (Å²) in [6.45, 7) is 5.88. The van der Waals surface area contributed by atoms with Crippen molar-refractivity contribution in [3.63, 3.8) is 0 Å². The Balaban J connectivity index is 2.08. The molecule has 1 amide bonds. The van der Waals surface area contributed by atoms with Crippen LogP contribution >= 0.6 is 11.3 Å². The lowest BCUT2D eigenvalue weighted by molar-refractivity contribution is 0.0998. The Hall–Kier alpha value is -2.21. The molecule has 2 heterocycles. The van der Waals surface area contributed by atoms with Crippen molar-refractivity contribution in [2.75, 3.05) is 5.32 Å². The normalized spacial score (nSPS) is 10.9. The Morgan fingerprint density at radius 3 is 2.65 bits per heavy atom. The third-order valence-electron chi connectivity index (χ3n) is 3.27. The van der Waals surface area contributed by atoms with Crippen LogP contribution < -0.4 is 5.32 Å². The maximum atomic E-state index is 12.3. The molecule has 3 rings (SSSR count). The molecule has 0 bridgehead atoms. The van der Waals surface area contributed by atoms with Gasteiger partial charge in [0.2, 0.25) is 5.13 Å². The Morgan fingerprint density at radius 2 is 2.00 bits per heavy atom. The number of rotatable bonds is 2. The van der Waals surface area contributed by atoms with Crippen molar-refractivity contribution >= 4 is 33.3 Å². The van der Waals surface area contributed by atoms with Gasteiger partial charge in [0, 0.05) is 10.9 Å². The predicted molar refractivity (Wildman–Crippen MR) is 78.3 cm³/mol. The molecule has 1 N–H and O–H groups in total. The number of carbonyl (C=O) groups is 1. The summed E-state index contributed by atoms with van der Waals surface area (Å²) in [5.41, 5.74) is 5.30. The highest BCUT2D eigenvalue weighted by Gasteiger charge is 2.20. The summed E-state index contributed by atoms with van der Waals surface area (Å²) in [6, 6.07) is 4.03. The molecule has 0 unspecified atom stereocenters. The van der Waals surface area contributed by atoms with E-state index in [9.17, 15) is 4.79 Å². The van der Waals surface area contributed by atoms with E-state index in [1.165, 1.54) is 11.3 Å². The lowest BCUT2D eigenvalue weighted by atomic mass is 10.0. The van der Waals surface area contributed by atoms with E-state index < -0.39 is 0 Å². The van der Waals surface area contributed by atoms with Gasteiger partial charge in [-0.2, -0.15) is 0 Å². The molecule has 0 atom stereocenters. The molecule has 102 valence electrons. The minimum atomic E-state index is -0.297. The number of fused-ring (bicyclic) bond motifs is 1. The monoisotopic (exact) mass is 287 g/mol. The van der Waals surface area contributed by atoms with Gasteiger partial charge in [-0.25, -0.2) is 0 Å². The quantitative estimate of drug-likeness (QED) is 0.783. The number of furan rings is 1. The van der Waals surface area contributed by atoms with Gasteiger partial charge in [0.1, 0.15) is 11.1 Å². The van der Waals surface area contributed by atoms with Crippen LogP contribution in [-0.2, 0) is 0 Å². The van der Waals surface area contributed by atoms with Crippen molar-refractivity contribution < 1.29 is 9.21 Å². The molecule has 0 fully saturated rings. The third-order valence-corrected chi connectivity index (χ3v) is 3.88. The minimum Gasteiger partial charge on any atom is -0.450 e. The highest BCUT2D eigenvalue weighted by molar-refractivity contribution is 7.13. The average Bonchev–Trinajstić information content (AvgIpc) is 3.02. The van der Waals surface area contributed by atoms with Crippen LogP contribution in [0.15, 0.2) is 22.1 Å². The van der Waals surface area contributed by atoms with E-state index in [-0.39, 0.29) is 5.91 Å². The fourth-order valence-corrected chi connectivity index (χ4v) is 2.71. The molecule has 0 aliphatic carbocycles. The first-order valence-electron chi connectivity index (χ1n) is 6.14. The van der Waals surface area contributed by atoms with Crippen molar-refractivity contribution in [1.29, 1.82) is 0 Å². The number of nitrogens with zero attached hydrogens (tertiary/aromatic N) is 2. The summed E-state index contributed by atoms with van der Waals surface area (Å²) >= 11 is 1.27. The molecular formula is C14H13N3O2S. The van der Waals surface area contributed by atoms with E-state index in [4.69, 9.17) is 4.42 Å². The molecule has 1 aromatic carbocycles.